The molecule has 3 heteroatoms. The summed E-state index contributed by atoms with van der Waals surface area (Å²) in [6.07, 6.45) is 0. The highest BCUT2D eigenvalue weighted by atomic mass is 19.1. The van der Waals surface area contributed by atoms with Crippen molar-refractivity contribution in [2.45, 2.75) is 19.9 Å². The molecule has 106 valence electrons. The molecule has 0 aliphatic carbocycles. The summed E-state index contributed by atoms with van der Waals surface area (Å²) in [7, 11) is 3.54. The molecule has 0 aromatic heterocycles. The molecule has 0 amide bonds. The van der Waals surface area contributed by atoms with Crippen LogP contribution in [-0.2, 0) is 0 Å². The van der Waals surface area contributed by atoms with Crippen molar-refractivity contribution in [2.75, 3.05) is 14.2 Å². The van der Waals surface area contributed by atoms with Crippen LogP contribution in [-0.4, -0.2) is 14.2 Å². The zero-order valence-corrected chi connectivity index (χ0v) is 12.3. The first-order valence-corrected chi connectivity index (χ1v) is 6.64. The predicted molar refractivity (Wildman–Crippen MR) is 79.8 cm³/mol. The molecule has 1 N–H and O–H groups in total. The van der Waals surface area contributed by atoms with E-state index in [1.807, 2.05) is 45.2 Å². The summed E-state index contributed by atoms with van der Waals surface area (Å²) in [6.45, 7) is 4.04. The van der Waals surface area contributed by atoms with E-state index in [2.05, 4.69) is 5.32 Å². The smallest absolute Gasteiger partial charge is 0.123 e. The summed E-state index contributed by atoms with van der Waals surface area (Å²) in [4.78, 5) is 0. The lowest BCUT2D eigenvalue weighted by molar-refractivity contribution is 0.414. The molecule has 0 saturated carbocycles. The maximum Gasteiger partial charge on any atom is 0.123 e. The summed E-state index contributed by atoms with van der Waals surface area (Å²) in [5.41, 5.74) is 4.27. The molecule has 20 heavy (non-hydrogen) atoms. The molecule has 0 fully saturated rings. The van der Waals surface area contributed by atoms with Gasteiger partial charge in [0, 0.05) is 0 Å². The molecule has 0 spiro atoms. The molecule has 0 heterocycles. The molecule has 0 aliphatic heterocycles. The Morgan fingerprint density at radius 1 is 1.00 bits per heavy atom. The third-order valence-corrected chi connectivity index (χ3v) is 3.63. The van der Waals surface area contributed by atoms with Gasteiger partial charge in [-0.3, -0.25) is 0 Å². The lowest BCUT2D eigenvalue weighted by Gasteiger charge is -2.22. The first-order chi connectivity index (χ1) is 9.56. The number of halogens is 1. The van der Waals surface area contributed by atoms with Crippen LogP contribution in [0.3, 0.4) is 0 Å². The third-order valence-electron chi connectivity index (χ3n) is 3.63. The van der Waals surface area contributed by atoms with Gasteiger partial charge in [0.25, 0.3) is 0 Å². The van der Waals surface area contributed by atoms with Gasteiger partial charge >= 0.3 is 0 Å². The van der Waals surface area contributed by atoms with Crippen LogP contribution in [0.15, 0.2) is 36.4 Å². The molecule has 0 bridgehead atoms. The summed E-state index contributed by atoms with van der Waals surface area (Å²) in [5, 5.41) is 3.27. The van der Waals surface area contributed by atoms with Crippen LogP contribution in [0.4, 0.5) is 4.39 Å². The first-order valence-electron chi connectivity index (χ1n) is 6.64. The number of benzene rings is 2. The van der Waals surface area contributed by atoms with E-state index in [-0.39, 0.29) is 11.9 Å². The van der Waals surface area contributed by atoms with E-state index < -0.39 is 0 Å². The number of aryl methyl sites for hydroxylation is 2. The van der Waals surface area contributed by atoms with Crippen molar-refractivity contribution in [2.24, 2.45) is 0 Å². The van der Waals surface area contributed by atoms with Gasteiger partial charge in [0.1, 0.15) is 11.6 Å². The Bertz CT molecular complexity index is 610. The average Bonchev–Trinajstić information content (AvgIpc) is 2.44. The van der Waals surface area contributed by atoms with E-state index in [1.54, 1.807) is 13.2 Å². The Morgan fingerprint density at radius 3 is 2.35 bits per heavy atom. The van der Waals surface area contributed by atoms with E-state index in [9.17, 15) is 4.39 Å². The first kappa shape index (κ1) is 14.5. The maximum absolute atomic E-state index is 13.5. The highest BCUT2D eigenvalue weighted by Crippen LogP contribution is 2.29. The molecule has 0 aliphatic rings. The second kappa shape index (κ2) is 6.06. The Balaban J connectivity index is 2.49. The van der Waals surface area contributed by atoms with Crippen molar-refractivity contribution in [3.05, 3.63) is 64.5 Å². The number of rotatable bonds is 4. The monoisotopic (exact) mass is 273 g/mol. The fourth-order valence-electron chi connectivity index (χ4n) is 2.50. The second-order valence-electron chi connectivity index (χ2n) is 4.95. The second-order valence-corrected chi connectivity index (χ2v) is 4.95. The molecule has 2 aromatic carbocycles. The molecular weight excluding hydrogens is 253 g/mol. The van der Waals surface area contributed by atoms with E-state index >= 15 is 0 Å². The lowest BCUT2D eigenvalue weighted by atomic mass is 9.92. The largest absolute Gasteiger partial charge is 0.497 e. The molecule has 2 rings (SSSR count). The summed E-state index contributed by atoms with van der Waals surface area (Å²) in [5.74, 6) is 0.620. The van der Waals surface area contributed by atoms with E-state index in [0.29, 0.717) is 0 Å². The van der Waals surface area contributed by atoms with Crippen LogP contribution in [0.25, 0.3) is 0 Å². The molecule has 2 nitrogen and oxygen atoms in total. The topological polar surface area (TPSA) is 21.3 Å². The minimum atomic E-state index is -0.211. The number of hydrogen-bond donors (Lipinski definition) is 1. The fraction of sp³-hybridized carbons (Fsp3) is 0.294. The van der Waals surface area contributed by atoms with Crippen LogP contribution in [0.2, 0.25) is 0 Å². The predicted octanol–water partition coefficient (Wildman–Crippen LogP) is 3.76. The number of nitrogens with one attached hydrogen (secondary N) is 1. The van der Waals surface area contributed by atoms with Crippen LogP contribution >= 0.6 is 0 Å². The summed E-state index contributed by atoms with van der Waals surface area (Å²) < 4.78 is 18.8. The molecule has 1 atom stereocenters. The van der Waals surface area contributed by atoms with Crippen molar-refractivity contribution in [3.63, 3.8) is 0 Å². The van der Waals surface area contributed by atoms with Gasteiger partial charge < -0.3 is 10.1 Å². The van der Waals surface area contributed by atoms with Crippen molar-refractivity contribution in [1.29, 1.82) is 0 Å². The molecule has 2 aromatic rings. The van der Waals surface area contributed by atoms with Gasteiger partial charge in [0.2, 0.25) is 0 Å². The van der Waals surface area contributed by atoms with Gasteiger partial charge in [-0.15, -0.1) is 0 Å². The van der Waals surface area contributed by atoms with E-state index in [1.165, 1.54) is 6.07 Å². The van der Waals surface area contributed by atoms with Crippen LogP contribution < -0.4 is 10.1 Å². The summed E-state index contributed by atoms with van der Waals surface area (Å²) >= 11 is 0. The van der Waals surface area contributed by atoms with Gasteiger partial charge in [-0.05, 0) is 67.4 Å². The Hall–Kier alpha value is -1.87. The molecular formula is C17H20FNO. The van der Waals surface area contributed by atoms with E-state index in [4.69, 9.17) is 4.74 Å². The van der Waals surface area contributed by atoms with Gasteiger partial charge in [-0.25, -0.2) is 4.39 Å². The zero-order chi connectivity index (χ0) is 14.7. The highest BCUT2D eigenvalue weighted by molar-refractivity contribution is 5.43. The van der Waals surface area contributed by atoms with Crippen molar-refractivity contribution in [1.82, 2.24) is 5.32 Å². The molecule has 0 saturated heterocycles. The minimum absolute atomic E-state index is 0.0309. The van der Waals surface area contributed by atoms with Crippen molar-refractivity contribution in [3.8, 4) is 5.75 Å². The molecule has 0 radical (unpaired) electrons. The number of methoxy groups -OCH3 is 1. The lowest BCUT2D eigenvalue weighted by Crippen LogP contribution is -2.20. The fourth-order valence-corrected chi connectivity index (χ4v) is 2.50. The maximum atomic E-state index is 13.5. The Kier molecular flexibility index (Phi) is 4.40. The summed E-state index contributed by atoms with van der Waals surface area (Å²) in [6, 6.07) is 10.8. The van der Waals surface area contributed by atoms with Gasteiger partial charge in [0.05, 0.1) is 13.2 Å². The van der Waals surface area contributed by atoms with Crippen molar-refractivity contribution < 1.29 is 9.13 Å². The average molecular weight is 273 g/mol. The normalized spacial score (nSPS) is 12.2. The standard InChI is InChI=1S/C17H20FNO/c1-11-5-6-13(18)10-16(11)17(19-3)15-8-7-14(20-4)9-12(15)2/h5-10,17,19H,1-4H3. The Morgan fingerprint density at radius 2 is 1.75 bits per heavy atom. The zero-order valence-electron chi connectivity index (χ0n) is 12.3. The highest BCUT2D eigenvalue weighted by Gasteiger charge is 2.17. The van der Waals surface area contributed by atoms with E-state index in [0.717, 1.165) is 28.0 Å². The van der Waals surface area contributed by atoms with Gasteiger partial charge in [-0.2, -0.15) is 0 Å². The van der Waals surface area contributed by atoms with Crippen LogP contribution in [0, 0.1) is 19.7 Å². The van der Waals surface area contributed by atoms with Crippen molar-refractivity contribution >= 4 is 0 Å². The van der Waals surface area contributed by atoms with Crippen LogP contribution in [0.5, 0.6) is 5.75 Å². The number of hydrogen-bond acceptors (Lipinski definition) is 2. The van der Waals surface area contributed by atoms with Gasteiger partial charge in [0.15, 0.2) is 0 Å². The Labute approximate surface area is 119 Å². The quantitative estimate of drug-likeness (QED) is 0.915. The third kappa shape index (κ3) is 2.83. The van der Waals surface area contributed by atoms with Gasteiger partial charge in [-0.1, -0.05) is 12.1 Å². The molecule has 1 unspecified atom stereocenters. The SMILES string of the molecule is CNC(c1ccc(OC)cc1C)c1cc(F)ccc1C. The number of ether oxygens (including phenoxy) is 1. The van der Waals surface area contributed by atoms with Crippen LogP contribution in [0.1, 0.15) is 28.3 Å². The minimum Gasteiger partial charge on any atom is -0.497 e.